The maximum atomic E-state index is 13.2. The number of hydrogen-bond acceptors (Lipinski definition) is 5. The number of amides is 1. The highest BCUT2D eigenvalue weighted by molar-refractivity contribution is 5.93. The Bertz CT molecular complexity index is 891. The van der Waals surface area contributed by atoms with E-state index >= 15 is 0 Å². The third-order valence-corrected chi connectivity index (χ3v) is 6.12. The van der Waals surface area contributed by atoms with Crippen molar-refractivity contribution in [2.24, 2.45) is 5.92 Å². The second-order valence-corrected chi connectivity index (χ2v) is 8.02. The van der Waals surface area contributed by atoms with Gasteiger partial charge >= 0.3 is 0 Å². The number of hydrogen-bond donors (Lipinski definition) is 0. The minimum absolute atomic E-state index is 0.0161. The molecule has 0 aliphatic carbocycles. The van der Waals surface area contributed by atoms with Crippen molar-refractivity contribution in [1.82, 2.24) is 9.88 Å². The zero-order valence-electron chi connectivity index (χ0n) is 17.5. The largest absolute Gasteiger partial charge is 0.493 e. The molecule has 2 aliphatic heterocycles. The Balaban J connectivity index is 1.51. The van der Waals surface area contributed by atoms with Gasteiger partial charge in [-0.15, -0.1) is 0 Å². The van der Waals surface area contributed by atoms with Crippen LogP contribution in [0.2, 0.25) is 0 Å². The first kappa shape index (κ1) is 19.6. The average molecular weight is 396 g/mol. The van der Waals surface area contributed by atoms with E-state index in [1.165, 1.54) is 18.4 Å². The lowest BCUT2D eigenvalue weighted by atomic mass is 9.98. The molecule has 0 saturated carbocycles. The van der Waals surface area contributed by atoms with E-state index < -0.39 is 0 Å². The summed E-state index contributed by atoms with van der Waals surface area (Å²) in [5.41, 5.74) is 3.92. The van der Waals surface area contributed by atoms with Gasteiger partial charge in [0, 0.05) is 38.1 Å². The number of pyridine rings is 1. The minimum Gasteiger partial charge on any atom is -0.493 e. The van der Waals surface area contributed by atoms with Crippen molar-refractivity contribution in [2.45, 2.75) is 32.7 Å². The number of methoxy groups -OCH3 is 2. The van der Waals surface area contributed by atoms with Gasteiger partial charge in [-0.25, -0.2) is 0 Å². The fourth-order valence-corrected chi connectivity index (χ4v) is 4.22. The Morgan fingerprint density at radius 2 is 1.72 bits per heavy atom. The van der Waals surface area contributed by atoms with Crippen LogP contribution in [0.1, 0.15) is 41.4 Å². The molecule has 29 heavy (non-hydrogen) atoms. The van der Waals surface area contributed by atoms with Crippen molar-refractivity contribution in [3.8, 4) is 11.5 Å². The van der Waals surface area contributed by atoms with E-state index in [0.717, 1.165) is 42.4 Å². The van der Waals surface area contributed by atoms with E-state index in [2.05, 4.69) is 16.8 Å². The van der Waals surface area contributed by atoms with Crippen LogP contribution in [0, 0.1) is 5.92 Å². The van der Waals surface area contributed by atoms with Crippen LogP contribution in [0.15, 0.2) is 30.5 Å². The molecule has 0 unspecified atom stereocenters. The third kappa shape index (κ3) is 4.02. The lowest BCUT2D eigenvalue weighted by Gasteiger charge is -2.32. The molecular formula is C23H29N3O3. The van der Waals surface area contributed by atoms with Gasteiger partial charge in [0.25, 0.3) is 5.91 Å². The summed E-state index contributed by atoms with van der Waals surface area (Å²) >= 11 is 0. The molecule has 1 aromatic heterocycles. The van der Waals surface area contributed by atoms with E-state index in [1.54, 1.807) is 20.4 Å². The molecule has 1 amide bonds. The summed E-state index contributed by atoms with van der Waals surface area (Å²) in [4.78, 5) is 21.8. The van der Waals surface area contributed by atoms with Crippen LogP contribution in [0.5, 0.6) is 11.5 Å². The first-order valence-corrected chi connectivity index (χ1v) is 10.3. The monoisotopic (exact) mass is 395 g/mol. The van der Waals surface area contributed by atoms with Gasteiger partial charge in [-0.2, -0.15) is 0 Å². The standard InChI is InChI=1S/C23H29N3O3/c1-16-5-9-25(10-6-16)19-4-8-24-20(14-19)23(27)26-11-7-17-12-21(28-2)22(29-3)13-18(17)15-26/h4,8,12-14,16H,5-7,9-11,15H2,1-3H3. The Hall–Kier alpha value is -2.76. The average Bonchev–Trinajstić information content (AvgIpc) is 2.77. The highest BCUT2D eigenvalue weighted by Gasteiger charge is 2.25. The SMILES string of the molecule is COc1cc2c(cc1OC)CN(C(=O)c1cc(N3CCC(C)CC3)ccn1)CC2. The second-order valence-electron chi connectivity index (χ2n) is 8.02. The fraction of sp³-hybridized carbons (Fsp3) is 0.478. The Morgan fingerprint density at radius 3 is 2.41 bits per heavy atom. The van der Waals surface area contributed by atoms with Crippen LogP contribution in [0.4, 0.5) is 5.69 Å². The summed E-state index contributed by atoms with van der Waals surface area (Å²) < 4.78 is 10.8. The summed E-state index contributed by atoms with van der Waals surface area (Å²) in [7, 11) is 3.28. The van der Waals surface area contributed by atoms with Gasteiger partial charge in [-0.05, 0) is 60.6 Å². The van der Waals surface area contributed by atoms with E-state index in [-0.39, 0.29) is 5.91 Å². The molecular weight excluding hydrogens is 366 g/mol. The molecule has 3 heterocycles. The van der Waals surface area contributed by atoms with Crippen LogP contribution in [0.3, 0.4) is 0 Å². The summed E-state index contributed by atoms with van der Waals surface area (Å²) in [5.74, 6) is 2.19. The molecule has 0 spiro atoms. The number of benzene rings is 1. The van der Waals surface area contributed by atoms with Gasteiger partial charge in [0.1, 0.15) is 5.69 Å². The van der Waals surface area contributed by atoms with Crippen LogP contribution in [-0.2, 0) is 13.0 Å². The Labute approximate surface area is 172 Å². The van der Waals surface area contributed by atoms with Crippen molar-refractivity contribution in [3.05, 3.63) is 47.3 Å². The van der Waals surface area contributed by atoms with Crippen molar-refractivity contribution in [2.75, 3.05) is 38.8 Å². The number of carbonyl (C=O) groups is 1. The van der Waals surface area contributed by atoms with E-state index in [0.29, 0.717) is 24.5 Å². The molecule has 1 aromatic carbocycles. The van der Waals surface area contributed by atoms with Gasteiger partial charge in [0.05, 0.1) is 14.2 Å². The molecule has 2 aliphatic rings. The van der Waals surface area contributed by atoms with Crippen molar-refractivity contribution in [3.63, 3.8) is 0 Å². The topological polar surface area (TPSA) is 54.9 Å². The minimum atomic E-state index is -0.0161. The molecule has 6 heteroatoms. The number of nitrogens with zero attached hydrogens (tertiary/aromatic N) is 3. The van der Waals surface area contributed by atoms with E-state index in [1.807, 2.05) is 29.2 Å². The third-order valence-electron chi connectivity index (χ3n) is 6.12. The molecule has 1 saturated heterocycles. The first-order chi connectivity index (χ1) is 14.1. The molecule has 2 aromatic rings. The quantitative estimate of drug-likeness (QED) is 0.793. The summed E-state index contributed by atoms with van der Waals surface area (Å²) in [6.45, 7) is 5.61. The van der Waals surface area contributed by atoms with Gasteiger partial charge in [0.2, 0.25) is 0 Å². The lowest BCUT2D eigenvalue weighted by molar-refractivity contribution is 0.0728. The summed E-state index contributed by atoms with van der Waals surface area (Å²) in [6.07, 6.45) is 4.94. The molecule has 1 fully saturated rings. The maximum absolute atomic E-state index is 13.2. The molecule has 4 rings (SSSR count). The Kier molecular flexibility index (Phi) is 5.60. The first-order valence-electron chi connectivity index (χ1n) is 10.3. The number of rotatable bonds is 4. The molecule has 0 atom stereocenters. The normalized spacial score (nSPS) is 17.1. The maximum Gasteiger partial charge on any atom is 0.272 e. The van der Waals surface area contributed by atoms with Gasteiger partial charge in [-0.1, -0.05) is 6.92 Å². The number of aromatic nitrogens is 1. The molecule has 6 nitrogen and oxygen atoms in total. The predicted molar refractivity (Wildman–Crippen MR) is 113 cm³/mol. The zero-order valence-corrected chi connectivity index (χ0v) is 17.5. The highest BCUT2D eigenvalue weighted by atomic mass is 16.5. The number of ether oxygens (including phenoxy) is 2. The van der Waals surface area contributed by atoms with Crippen LogP contribution >= 0.6 is 0 Å². The molecule has 0 bridgehead atoms. The number of fused-ring (bicyclic) bond motifs is 1. The fourth-order valence-electron chi connectivity index (χ4n) is 4.22. The van der Waals surface area contributed by atoms with E-state index in [9.17, 15) is 4.79 Å². The number of piperidine rings is 1. The Morgan fingerprint density at radius 1 is 1.03 bits per heavy atom. The summed E-state index contributed by atoms with van der Waals surface area (Å²) in [6, 6.07) is 7.95. The molecule has 154 valence electrons. The summed E-state index contributed by atoms with van der Waals surface area (Å²) in [5, 5.41) is 0. The van der Waals surface area contributed by atoms with Crippen molar-refractivity contribution in [1.29, 1.82) is 0 Å². The second kappa shape index (κ2) is 8.31. The lowest BCUT2D eigenvalue weighted by Crippen LogP contribution is -2.37. The van der Waals surface area contributed by atoms with Crippen molar-refractivity contribution < 1.29 is 14.3 Å². The van der Waals surface area contributed by atoms with Crippen LogP contribution < -0.4 is 14.4 Å². The van der Waals surface area contributed by atoms with E-state index in [4.69, 9.17) is 9.47 Å². The van der Waals surface area contributed by atoms with Crippen molar-refractivity contribution >= 4 is 11.6 Å². The molecule has 0 radical (unpaired) electrons. The van der Waals surface area contributed by atoms with Crippen LogP contribution in [0.25, 0.3) is 0 Å². The van der Waals surface area contributed by atoms with Gasteiger partial charge < -0.3 is 19.3 Å². The number of anilines is 1. The van der Waals surface area contributed by atoms with Gasteiger partial charge in [-0.3, -0.25) is 9.78 Å². The number of carbonyl (C=O) groups excluding carboxylic acids is 1. The highest BCUT2D eigenvalue weighted by Crippen LogP contribution is 2.33. The van der Waals surface area contributed by atoms with Gasteiger partial charge in [0.15, 0.2) is 11.5 Å². The van der Waals surface area contributed by atoms with Crippen LogP contribution in [-0.4, -0.2) is 49.6 Å². The predicted octanol–water partition coefficient (Wildman–Crippen LogP) is 3.53. The zero-order chi connectivity index (χ0) is 20.4. The smallest absolute Gasteiger partial charge is 0.272 e. The molecule has 0 N–H and O–H groups in total.